The number of hydrogen-bond donors (Lipinski definition) is 2. The molecule has 108 valence electrons. The Morgan fingerprint density at radius 1 is 1.19 bits per heavy atom. The summed E-state index contributed by atoms with van der Waals surface area (Å²) < 4.78 is 1.85. The third-order valence-corrected chi connectivity index (χ3v) is 3.40. The molecule has 0 aliphatic rings. The summed E-state index contributed by atoms with van der Waals surface area (Å²) in [4.78, 5) is 23.5. The predicted molar refractivity (Wildman–Crippen MR) is 81.1 cm³/mol. The molecule has 0 saturated heterocycles. The molecule has 0 bridgehead atoms. The van der Waals surface area contributed by atoms with Crippen LogP contribution in [0.2, 0.25) is 0 Å². The Hall–Kier alpha value is -2.47. The van der Waals surface area contributed by atoms with E-state index in [4.69, 9.17) is 5.73 Å². The van der Waals surface area contributed by atoms with Gasteiger partial charge >= 0.3 is 0 Å². The first-order chi connectivity index (χ1) is 10.3. The molecule has 3 aromatic rings. The lowest BCUT2D eigenvalue weighted by Gasteiger charge is -2.04. The third kappa shape index (κ3) is 2.85. The highest BCUT2D eigenvalue weighted by Gasteiger charge is 2.10. The van der Waals surface area contributed by atoms with E-state index >= 15 is 0 Å². The Balaban J connectivity index is 1.88. The smallest absolute Gasteiger partial charge is 0.277 e. The van der Waals surface area contributed by atoms with E-state index in [1.807, 2.05) is 22.8 Å². The van der Waals surface area contributed by atoms with Gasteiger partial charge in [-0.05, 0) is 18.5 Å². The number of imidazole rings is 1. The van der Waals surface area contributed by atoms with Gasteiger partial charge in [-0.2, -0.15) is 0 Å². The minimum absolute atomic E-state index is 0.158. The van der Waals surface area contributed by atoms with Crippen LogP contribution in [0, 0.1) is 0 Å². The quantitative estimate of drug-likeness (QED) is 0.727. The molecule has 2 aromatic heterocycles. The van der Waals surface area contributed by atoms with Gasteiger partial charge in [0.15, 0.2) is 11.2 Å². The first-order valence-corrected chi connectivity index (χ1v) is 6.96. The lowest BCUT2D eigenvalue weighted by Crippen LogP contribution is -2.17. The van der Waals surface area contributed by atoms with E-state index in [0.29, 0.717) is 36.5 Å². The highest BCUT2D eigenvalue weighted by atomic mass is 16.1. The molecular formula is C15H17N5O. The zero-order valence-corrected chi connectivity index (χ0v) is 11.6. The van der Waals surface area contributed by atoms with Gasteiger partial charge in [-0.3, -0.25) is 4.79 Å². The molecule has 0 saturated carbocycles. The van der Waals surface area contributed by atoms with E-state index in [1.165, 1.54) is 5.56 Å². The highest BCUT2D eigenvalue weighted by molar-refractivity contribution is 5.69. The van der Waals surface area contributed by atoms with Crippen molar-refractivity contribution in [3.63, 3.8) is 0 Å². The van der Waals surface area contributed by atoms with Gasteiger partial charge in [0, 0.05) is 13.0 Å². The van der Waals surface area contributed by atoms with Crippen molar-refractivity contribution in [2.24, 2.45) is 5.73 Å². The lowest BCUT2D eigenvalue weighted by atomic mass is 10.1. The SMILES string of the molecule is NCCc1nc2ncn(CCc3ccccc3)c2c(=O)[nH]1. The number of aryl methyl sites for hydroxylation is 2. The Morgan fingerprint density at radius 2 is 2.00 bits per heavy atom. The number of nitrogens with one attached hydrogen (secondary N) is 1. The van der Waals surface area contributed by atoms with Crippen molar-refractivity contribution in [1.82, 2.24) is 19.5 Å². The highest BCUT2D eigenvalue weighted by Crippen LogP contribution is 2.08. The number of benzene rings is 1. The van der Waals surface area contributed by atoms with E-state index in [9.17, 15) is 4.79 Å². The topological polar surface area (TPSA) is 89.6 Å². The monoisotopic (exact) mass is 283 g/mol. The molecule has 0 aliphatic carbocycles. The molecule has 0 aliphatic heterocycles. The van der Waals surface area contributed by atoms with Crippen molar-refractivity contribution in [2.45, 2.75) is 19.4 Å². The van der Waals surface area contributed by atoms with Gasteiger partial charge in [0.05, 0.1) is 6.33 Å². The van der Waals surface area contributed by atoms with Crippen LogP contribution in [0.1, 0.15) is 11.4 Å². The number of nitrogens with zero attached hydrogens (tertiary/aromatic N) is 3. The van der Waals surface area contributed by atoms with Crippen LogP contribution in [-0.2, 0) is 19.4 Å². The normalized spacial score (nSPS) is 11.1. The molecule has 6 heteroatoms. The number of nitrogens with two attached hydrogens (primary N) is 1. The van der Waals surface area contributed by atoms with Gasteiger partial charge in [-0.1, -0.05) is 30.3 Å². The number of hydrogen-bond acceptors (Lipinski definition) is 4. The zero-order chi connectivity index (χ0) is 14.7. The number of aromatic nitrogens is 4. The molecule has 2 heterocycles. The molecule has 3 rings (SSSR count). The van der Waals surface area contributed by atoms with Gasteiger partial charge in [-0.25, -0.2) is 9.97 Å². The van der Waals surface area contributed by atoms with Crippen LogP contribution in [-0.4, -0.2) is 26.1 Å². The third-order valence-electron chi connectivity index (χ3n) is 3.40. The molecule has 3 N–H and O–H groups in total. The van der Waals surface area contributed by atoms with Crippen molar-refractivity contribution < 1.29 is 0 Å². The minimum Gasteiger partial charge on any atom is -0.330 e. The van der Waals surface area contributed by atoms with E-state index in [-0.39, 0.29) is 5.56 Å². The van der Waals surface area contributed by atoms with E-state index < -0.39 is 0 Å². The van der Waals surface area contributed by atoms with E-state index in [1.54, 1.807) is 6.33 Å². The van der Waals surface area contributed by atoms with Crippen LogP contribution < -0.4 is 11.3 Å². The van der Waals surface area contributed by atoms with Gasteiger partial charge in [0.1, 0.15) is 5.82 Å². The van der Waals surface area contributed by atoms with Crippen molar-refractivity contribution >= 4 is 11.2 Å². The average Bonchev–Trinajstić information content (AvgIpc) is 2.90. The Morgan fingerprint density at radius 3 is 2.76 bits per heavy atom. The van der Waals surface area contributed by atoms with Gasteiger partial charge in [0.2, 0.25) is 0 Å². The zero-order valence-electron chi connectivity index (χ0n) is 11.6. The Kier molecular flexibility index (Phi) is 3.79. The van der Waals surface area contributed by atoms with Crippen LogP contribution in [0.4, 0.5) is 0 Å². The Labute approximate surface area is 121 Å². The molecule has 0 amide bonds. The second kappa shape index (κ2) is 5.88. The second-order valence-electron chi connectivity index (χ2n) is 4.90. The number of aromatic amines is 1. The summed E-state index contributed by atoms with van der Waals surface area (Å²) in [5, 5.41) is 0. The summed E-state index contributed by atoms with van der Waals surface area (Å²) in [6, 6.07) is 10.1. The summed E-state index contributed by atoms with van der Waals surface area (Å²) in [6.45, 7) is 1.14. The number of H-pyrrole nitrogens is 1. The van der Waals surface area contributed by atoms with Crippen LogP contribution in [0.25, 0.3) is 11.2 Å². The standard InChI is InChI=1S/C15H17N5O/c16-8-6-12-18-14-13(15(21)19-12)20(10-17-14)9-7-11-4-2-1-3-5-11/h1-5,10H,6-9,16H2,(H,18,19,21). The minimum atomic E-state index is -0.158. The van der Waals surface area contributed by atoms with Crippen LogP contribution in [0.3, 0.4) is 0 Å². The van der Waals surface area contributed by atoms with Crippen molar-refractivity contribution in [1.29, 1.82) is 0 Å². The molecule has 0 radical (unpaired) electrons. The predicted octanol–water partition coefficient (Wildman–Crippen LogP) is 0.863. The van der Waals surface area contributed by atoms with Crippen LogP contribution in [0.5, 0.6) is 0 Å². The fourth-order valence-electron chi connectivity index (χ4n) is 2.35. The van der Waals surface area contributed by atoms with Gasteiger partial charge in [0.25, 0.3) is 5.56 Å². The van der Waals surface area contributed by atoms with Crippen LogP contribution in [0.15, 0.2) is 41.5 Å². The molecule has 21 heavy (non-hydrogen) atoms. The summed E-state index contributed by atoms with van der Waals surface area (Å²) in [5.41, 5.74) is 7.55. The number of fused-ring (bicyclic) bond motifs is 1. The first kappa shape index (κ1) is 13.5. The summed E-state index contributed by atoms with van der Waals surface area (Å²) in [7, 11) is 0. The maximum atomic E-state index is 12.2. The first-order valence-electron chi connectivity index (χ1n) is 6.96. The molecule has 0 spiro atoms. The maximum Gasteiger partial charge on any atom is 0.277 e. The van der Waals surface area contributed by atoms with Crippen molar-refractivity contribution in [3.8, 4) is 0 Å². The molecule has 1 aromatic carbocycles. The fourth-order valence-corrected chi connectivity index (χ4v) is 2.35. The van der Waals surface area contributed by atoms with Crippen molar-refractivity contribution in [2.75, 3.05) is 6.54 Å². The molecule has 0 atom stereocenters. The number of rotatable bonds is 5. The average molecular weight is 283 g/mol. The molecular weight excluding hydrogens is 266 g/mol. The molecule has 6 nitrogen and oxygen atoms in total. The second-order valence-corrected chi connectivity index (χ2v) is 4.90. The lowest BCUT2D eigenvalue weighted by molar-refractivity contribution is 0.712. The van der Waals surface area contributed by atoms with Crippen LogP contribution >= 0.6 is 0 Å². The maximum absolute atomic E-state index is 12.2. The summed E-state index contributed by atoms with van der Waals surface area (Å²) in [6.07, 6.45) is 3.06. The summed E-state index contributed by atoms with van der Waals surface area (Å²) in [5.74, 6) is 0.586. The van der Waals surface area contributed by atoms with Gasteiger partial charge < -0.3 is 15.3 Å². The van der Waals surface area contributed by atoms with E-state index in [0.717, 1.165) is 6.42 Å². The summed E-state index contributed by atoms with van der Waals surface area (Å²) >= 11 is 0. The van der Waals surface area contributed by atoms with E-state index in [2.05, 4.69) is 27.1 Å². The van der Waals surface area contributed by atoms with Crippen molar-refractivity contribution in [3.05, 3.63) is 58.4 Å². The van der Waals surface area contributed by atoms with Gasteiger partial charge in [-0.15, -0.1) is 0 Å². The molecule has 0 fully saturated rings. The molecule has 0 unspecified atom stereocenters. The fraction of sp³-hybridized carbons (Fsp3) is 0.267. The largest absolute Gasteiger partial charge is 0.330 e. The Bertz CT molecular complexity index is 791.